The van der Waals surface area contributed by atoms with Crippen molar-refractivity contribution in [2.24, 2.45) is 4.99 Å². The summed E-state index contributed by atoms with van der Waals surface area (Å²) in [5.74, 6) is 2.13. The van der Waals surface area contributed by atoms with E-state index in [-0.39, 0.29) is 0 Å². The number of aromatic nitrogens is 2. The second-order valence-corrected chi connectivity index (χ2v) is 3.71. The van der Waals surface area contributed by atoms with Gasteiger partial charge in [-0.25, -0.2) is 9.97 Å². The van der Waals surface area contributed by atoms with Crippen LogP contribution in [0, 0.1) is 6.92 Å². The van der Waals surface area contributed by atoms with Gasteiger partial charge in [-0.2, -0.15) is 0 Å². The third-order valence-electron chi connectivity index (χ3n) is 2.60. The normalized spacial score (nSPS) is 10.1. The number of hydrogen-bond donors (Lipinski definition) is 2. The molecule has 2 aromatic rings. The van der Waals surface area contributed by atoms with E-state index >= 15 is 0 Å². The van der Waals surface area contributed by atoms with E-state index < -0.39 is 0 Å². The molecule has 0 radical (unpaired) electrons. The highest BCUT2D eigenvalue weighted by molar-refractivity contribution is 5.75. The van der Waals surface area contributed by atoms with Gasteiger partial charge in [-0.3, -0.25) is 4.99 Å². The van der Waals surface area contributed by atoms with Gasteiger partial charge in [0.15, 0.2) is 11.6 Å². The fourth-order valence-corrected chi connectivity index (χ4v) is 1.59. The first kappa shape index (κ1) is 12.1. The molecule has 0 aliphatic heterocycles. The minimum atomic E-state index is 0.543. The topological polar surface area (TPSA) is 75.3 Å². The zero-order valence-corrected chi connectivity index (χ0v) is 10.4. The summed E-state index contributed by atoms with van der Waals surface area (Å²) in [6.45, 7) is 6.06. The predicted octanol–water partition coefficient (Wildman–Crippen LogP) is 2.36. The van der Waals surface area contributed by atoms with Gasteiger partial charge in [-0.15, -0.1) is 0 Å². The van der Waals surface area contributed by atoms with Crippen LogP contribution in [0.5, 0.6) is 0 Å². The van der Waals surface area contributed by atoms with Crippen LogP contribution in [0.25, 0.3) is 0 Å². The first-order valence-corrected chi connectivity index (χ1v) is 5.52. The van der Waals surface area contributed by atoms with Gasteiger partial charge in [0.1, 0.15) is 17.8 Å². The van der Waals surface area contributed by atoms with Gasteiger partial charge in [-0.1, -0.05) is 0 Å². The van der Waals surface area contributed by atoms with Crippen LogP contribution < -0.4 is 10.6 Å². The van der Waals surface area contributed by atoms with Gasteiger partial charge in [-0.05, 0) is 25.3 Å². The average Bonchev–Trinajstić information content (AvgIpc) is 2.81. The third-order valence-corrected chi connectivity index (χ3v) is 2.60. The molecule has 0 bridgehead atoms. The molecule has 18 heavy (non-hydrogen) atoms. The SMILES string of the molecule is C=Nc1c(NC)ncnc1NCc1occc1C. The summed E-state index contributed by atoms with van der Waals surface area (Å²) < 4.78 is 5.35. The standard InChI is InChI=1S/C12H15N5O/c1-8-4-5-18-9(8)6-15-12-10(13-2)11(14-3)16-7-17-12/h4-5,7H,2,6H2,1,3H3,(H2,14,15,16,17). The van der Waals surface area contributed by atoms with E-state index in [0.29, 0.717) is 23.9 Å². The van der Waals surface area contributed by atoms with Crippen molar-refractivity contribution >= 4 is 24.0 Å². The number of aliphatic imine (C=N–C) groups is 1. The van der Waals surface area contributed by atoms with Gasteiger partial charge in [0.05, 0.1) is 12.8 Å². The minimum absolute atomic E-state index is 0.543. The molecule has 2 N–H and O–H groups in total. The van der Waals surface area contributed by atoms with Gasteiger partial charge in [0.25, 0.3) is 0 Å². The lowest BCUT2D eigenvalue weighted by Crippen LogP contribution is -2.04. The van der Waals surface area contributed by atoms with E-state index in [0.717, 1.165) is 11.3 Å². The van der Waals surface area contributed by atoms with Crippen molar-refractivity contribution in [1.82, 2.24) is 9.97 Å². The quantitative estimate of drug-likeness (QED) is 0.791. The molecule has 6 nitrogen and oxygen atoms in total. The van der Waals surface area contributed by atoms with E-state index in [1.807, 2.05) is 13.0 Å². The molecule has 0 aliphatic carbocycles. The van der Waals surface area contributed by atoms with Crippen LogP contribution in [0.2, 0.25) is 0 Å². The van der Waals surface area contributed by atoms with Crippen molar-refractivity contribution in [3.8, 4) is 0 Å². The van der Waals surface area contributed by atoms with Crippen molar-refractivity contribution in [1.29, 1.82) is 0 Å². The van der Waals surface area contributed by atoms with E-state index in [1.165, 1.54) is 6.33 Å². The molecule has 2 aromatic heterocycles. The number of rotatable bonds is 5. The van der Waals surface area contributed by atoms with Gasteiger partial charge < -0.3 is 15.1 Å². The Morgan fingerprint density at radius 1 is 1.39 bits per heavy atom. The smallest absolute Gasteiger partial charge is 0.157 e. The number of nitrogens with zero attached hydrogens (tertiary/aromatic N) is 3. The number of hydrogen-bond acceptors (Lipinski definition) is 6. The summed E-state index contributed by atoms with van der Waals surface area (Å²) in [6, 6.07) is 1.92. The molecule has 0 atom stereocenters. The molecule has 6 heteroatoms. The van der Waals surface area contributed by atoms with Crippen LogP contribution in [0.15, 0.2) is 28.1 Å². The molecule has 2 heterocycles. The first-order chi connectivity index (χ1) is 8.76. The second kappa shape index (κ2) is 5.31. The van der Waals surface area contributed by atoms with Crippen LogP contribution >= 0.6 is 0 Å². The monoisotopic (exact) mass is 245 g/mol. The van der Waals surface area contributed by atoms with Crippen LogP contribution in [-0.4, -0.2) is 23.7 Å². The first-order valence-electron chi connectivity index (χ1n) is 5.52. The molecular weight excluding hydrogens is 230 g/mol. The average molecular weight is 245 g/mol. The highest BCUT2D eigenvalue weighted by Gasteiger charge is 2.09. The Bertz CT molecular complexity index is 549. The molecule has 94 valence electrons. The van der Waals surface area contributed by atoms with Crippen molar-refractivity contribution in [3.63, 3.8) is 0 Å². The van der Waals surface area contributed by atoms with Crippen LogP contribution in [0.1, 0.15) is 11.3 Å². The Balaban J connectivity index is 2.19. The summed E-state index contributed by atoms with van der Waals surface area (Å²) in [6.07, 6.45) is 3.13. The maximum absolute atomic E-state index is 5.35. The summed E-state index contributed by atoms with van der Waals surface area (Å²) in [7, 11) is 1.78. The highest BCUT2D eigenvalue weighted by Crippen LogP contribution is 2.29. The fourth-order valence-electron chi connectivity index (χ4n) is 1.59. The second-order valence-electron chi connectivity index (χ2n) is 3.71. The highest BCUT2D eigenvalue weighted by atomic mass is 16.3. The van der Waals surface area contributed by atoms with Crippen LogP contribution in [-0.2, 0) is 6.54 Å². The Kier molecular flexibility index (Phi) is 3.57. The summed E-state index contributed by atoms with van der Waals surface area (Å²) in [4.78, 5) is 12.2. The molecule has 0 fully saturated rings. The minimum Gasteiger partial charge on any atom is -0.467 e. The Hall–Kier alpha value is -2.37. The number of furan rings is 1. The lowest BCUT2D eigenvalue weighted by atomic mass is 10.3. The summed E-state index contributed by atoms with van der Waals surface area (Å²) in [5.41, 5.74) is 1.70. The maximum Gasteiger partial charge on any atom is 0.157 e. The van der Waals surface area contributed by atoms with Crippen molar-refractivity contribution < 1.29 is 4.42 Å². The largest absolute Gasteiger partial charge is 0.467 e. The van der Waals surface area contributed by atoms with Gasteiger partial charge in [0.2, 0.25) is 0 Å². The van der Waals surface area contributed by atoms with Crippen molar-refractivity contribution in [2.45, 2.75) is 13.5 Å². The maximum atomic E-state index is 5.35. The molecule has 0 amide bonds. The zero-order valence-electron chi connectivity index (χ0n) is 10.4. The Labute approximate surface area is 105 Å². The van der Waals surface area contributed by atoms with Crippen LogP contribution in [0.4, 0.5) is 17.3 Å². The molecule has 0 unspecified atom stereocenters. The predicted molar refractivity (Wildman–Crippen MR) is 71.6 cm³/mol. The molecular formula is C12H15N5O. The third kappa shape index (κ3) is 2.32. The number of nitrogens with one attached hydrogen (secondary N) is 2. The summed E-state index contributed by atoms with van der Waals surface area (Å²) >= 11 is 0. The van der Waals surface area contributed by atoms with E-state index in [2.05, 4.69) is 32.3 Å². The molecule has 0 aromatic carbocycles. The molecule has 2 rings (SSSR count). The molecule has 0 aliphatic rings. The number of anilines is 2. The lowest BCUT2D eigenvalue weighted by molar-refractivity contribution is 0.515. The Morgan fingerprint density at radius 3 is 2.78 bits per heavy atom. The van der Waals surface area contributed by atoms with Crippen molar-refractivity contribution in [3.05, 3.63) is 30.0 Å². The van der Waals surface area contributed by atoms with E-state index in [1.54, 1.807) is 13.3 Å². The van der Waals surface area contributed by atoms with Crippen LogP contribution in [0.3, 0.4) is 0 Å². The number of aryl methyl sites for hydroxylation is 1. The lowest BCUT2D eigenvalue weighted by Gasteiger charge is -2.09. The van der Waals surface area contributed by atoms with Gasteiger partial charge in [0, 0.05) is 7.05 Å². The van der Waals surface area contributed by atoms with E-state index in [9.17, 15) is 0 Å². The van der Waals surface area contributed by atoms with Crippen molar-refractivity contribution in [2.75, 3.05) is 17.7 Å². The molecule has 0 spiro atoms. The molecule has 0 saturated carbocycles. The fraction of sp³-hybridized carbons (Fsp3) is 0.250. The Morgan fingerprint density at radius 2 is 2.17 bits per heavy atom. The summed E-state index contributed by atoms with van der Waals surface area (Å²) in [5, 5.41) is 6.11. The molecule has 0 saturated heterocycles. The zero-order chi connectivity index (χ0) is 13.0. The van der Waals surface area contributed by atoms with E-state index in [4.69, 9.17) is 4.42 Å². The van der Waals surface area contributed by atoms with Gasteiger partial charge >= 0.3 is 0 Å².